The quantitative estimate of drug-likeness (QED) is 0.675. The molecule has 2 aromatic carbocycles. The zero-order valence-corrected chi connectivity index (χ0v) is 15.0. The minimum atomic E-state index is -0.335. The molecule has 0 unspecified atom stereocenters. The molecular weight excluding hydrogens is 357 g/mol. The van der Waals surface area contributed by atoms with Crippen LogP contribution in [0, 0.1) is 0 Å². The first-order chi connectivity index (χ1) is 10.9. The van der Waals surface area contributed by atoms with Gasteiger partial charge in [-0.15, -0.1) is 0 Å². The first-order valence-electron chi connectivity index (χ1n) is 7.04. The van der Waals surface area contributed by atoms with E-state index in [1.165, 1.54) is 17.7 Å². The summed E-state index contributed by atoms with van der Waals surface area (Å²) in [6.45, 7) is 4.10. The molecule has 0 saturated heterocycles. The Bertz CT molecular complexity index is 700. The number of hydrogen-bond donors (Lipinski definition) is 1. The van der Waals surface area contributed by atoms with Crippen LogP contribution in [0.4, 0.5) is 5.69 Å². The standard InChI is InChI=1S/C17H16Cl3NO2/c1-10(2)11-3-5-12(6-4-11)23-9-17(22)21-16-8-14(19)13(18)7-15(16)20/h3-8,10H,9H2,1-2H3,(H,21,22). The zero-order valence-electron chi connectivity index (χ0n) is 12.7. The highest BCUT2D eigenvalue weighted by atomic mass is 35.5. The van der Waals surface area contributed by atoms with Gasteiger partial charge in [0.25, 0.3) is 5.91 Å². The molecule has 0 fully saturated rings. The second-order valence-corrected chi connectivity index (χ2v) is 6.53. The van der Waals surface area contributed by atoms with Crippen molar-refractivity contribution in [2.24, 2.45) is 0 Å². The van der Waals surface area contributed by atoms with E-state index in [2.05, 4.69) is 19.2 Å². The van der Waals surface area contributed by atoms with Crippen LogP contribution in [-0.2, 0) is 4.79 Å². The smallest absolute Gasteiger partial charge is 0.262 e. The van der Waals surface area contributed by atoms with Crippen molar-refractivity contribution in [3.05, 3.63) is 57.0 Å². The number of carbonyl (C=O) groups is 1. The maximum atomic E-state index is 11.9. The number of hydrogen-bond acceptors (Lipinski definition) is 2. The number of ether oxygens (including phenoxy) is 1. The number of halogens is 3. The molecule has 122 valence electrons. The average molecular weight is 373 g/mol. The van der Waals surface area contributed by atoms with Crippen molar-refractivity contribution in [3.8, 4) is 5.75 Å². The molecule has 0 aromatic heterocycles. The highest BCUT2D eigenvalue weighted by molar-refractivity contribution is 6.44. The minimum Gasteiger partial charge on any atom is -0.484 e. The molecule has 0 bridgehead atoms. The van der Waals surface area contributed by atoms with E-state index < -0.39 is 0 Å². The second-order valence-electron chi connectivity index (χ2n) is 5.31. The van der Waals surface area contributed by atoms with Crippen LogP contribution in [0.1, 0.15) is 25.3 Å². The SMILES string of the molecule is CC(C)c1ccc(OCC(=O)Nc2cc(Cl)c(Cl)cc2Cl)cc1. The molecule has 0 radical (unpaired) electrons. The van der Waals surface area contributed by atoms with Crippen molar-refractivity contribution >= 4 is 46.4 Å². The van der Waals surface area contributed by atoms with Crippen LogP contribution in [-0.4, -0.2) is 12.5 Å². The van der Waals surface area contributed by atoms with Crippen LogP contribution >= 0.6 is 34.8 Å². The average Bonchev–Trinajstić information content (AvgIpc) is 2.51. The van der Waals surface area contributed by atoms with Gasteiger partial charge in [-0.2, -0.15) is 0 Å². The number of rotatable bonds is 5. The van der Waals surface area contributed by atoms with E-state index in [4.69, 9.17) is 39.5 Å². The van der Waals surface area contributed by atoms with E-state index in [0.717, 1.165) is 0 Å². The van der Waals surface area contributed by atoms with Gasteiger partial charge in [-0.05, 0) is 35.7 Å². The maximum absolute atomic E-state index is 11.9. The molecule has 0 aliphatic carbocycles. The Morgan fingerprint density at radius 1 is 1.04 bits per heavy atom. The Morgan fingerprint density at radius 3 is 2.26 bits per heavy atom. The van der Waals surface area contributed by atoms with Crippen molar-refractivity contribution in [2.75, 3.05) is 11.9 Å². The molecule has 1 N–H and O–H groups in total. The fourth-order valence-corrected chi connectivity index (χ4v) is 2.50. The third-order valence-electron chi connectivity index (χ3n) is 3.20. The fraction of sp³-hybridized carbons (Fsp3) is 0.235. The molecule has 3 nitrogen and oxygen atoms in total. The van der Waals surface area contributed by atoms with E-state index in [0.29, 0.717) is 32.4 Å². The van der Waals surface area contributed by atoms with Gasteiger partial charge in [0.15, 0.2) is 6.61 Å². The van der Waals surface area contributed by atoms with Gasteiger partial charge in [-0.25, -0.2) is 0 Å². The molecular formula is C17H16Cl3NO2. The first kappa shape index (κ1) is 17.9. The van der Waals surface area contributed by atoms with E-state index in [-0.39, 0.29) is 12.5 Å². The molecule has 6 heteroatoms. The summed E-state index contributed by atoms with van der Waals surface area (Å²) < 4.78 is 5.45. The van der Waals surface area contributed by atoms with E-state index in [1.807, 2.05) is 24.3 Å². The Hall–Kier alpha value is -1.42. The van der Waals surface area contributed by atoms with Crippen LogP contribution in [0.5, 0.6) is 5.75 Å². The van der Waals surface area contributed by atoms with Gasteiger partial charge in [-0.1, -0.05) is 60.8 Å². The van der Waals surface area contributed by atoms with Gasteiger partial charge < -0.3 is 10.1 Å². The third kappa shape index (κ3) is 5.03. The summed E-state index contributed by atoms with van der Waals surface area (Å²) in [4.78, 5) is 11.9. The lowest BCUT2D eigenvalue weighted by atomic mass is 10.0. The zero-order chi connectivity index (χ0) is 17.0. The Kier molecular flexibility index (Phi) is 6.17. The summed E-state index contributed by atoms with van der Waals surface area (Å²) in [7, 11) is 0. The summed E-state index contributed by atoms with van der Waals surface area (Å²) in [5.41, 5.74) is 1.61. The summed E-state index contributed by atoms with van der Waals surface area (Å²) >= 11 is 17.8. The molecule has 1 amide bonds. The first-order valence-corrected chi connectivity index (χ1v) is 8.17. The molecule has 0 heterocycles. The molecule has 0 saturated carbocycles. The van der Waals surface area contributed by atoms with E-state index >= 15 is 0 Å². The molecule has 23 heavy (non-hydrogen) atoms. The van der Waals surface area contributed by atoms with Gasteiger partial charge >= 0.3 is 0 Å². The van der Waals surface area contributed by atoms with Crippen molar-refractivity contribution in [1.29, 1.82) is 0 Å². The molecule has 2 rings (SSSR count). The Morgan fingerprint density at radius 2 is 1.65 bits per heavy atom. The lowest BCUT2D eigenvalue weighted by Crippen LogP contribution is -2.20. The van der Waals surface area contributed by atoms with Crippen LogP contribution in [0.25, 0.3) is 0 Å². The van der Waals surface area contributed by atoms with Crippen LogP contribution in [0.2, 0.25) is 15.1 Å². The molecule has 0 aliphatic rings. The van der Waals surface area contributed by atoms with Gasteiger partial charge in [0, 0.05) is 0 Å². The summed E-state index contributed by atoms with van der Waals surface area (Å²) in [6.07, 6.45) is 0. The highest BCUT2D eigenvalue weighted by Crippen LogP contribution is 2.32. The topological polar surface area (TPSA) is 38.3 Å². The van der Waals surface area contributed by atoms with E-state index in [1.54, 1.807) is 0 Å². The van der Waals surface area contributed by atoms with Gasteiger partial charge in [0.2, 0.25) is 0 Å². The van der Waals surface area contributed by atoms with Gasteiger partial charge in [-0.3, -0.25) is 4.79 Å². The largest absolute Gasteiger partial charge is 0.484 e. The number of nitrogens with one attached hydrogen (secondary N) is 1. The Balaban J connectivity index is 1.94. The molecule has 0 atom stereocenters. The Labute approximate surface area is 150 Å². The van der Waals surface area contributed by atoms with Crippen LogP contribution in [0.15, 0.2) is 36.4 Å². The predicted molar refractivity (Wildman–Crippen MR) is 96.1 cm³/mol. The number of anilines is 1. The van der Waals surface area contributed by atoms with Crippen LogP contribution < -0.4 is 10.1 Å². The van der Waals surface area contributed by atoms with Crippen molar-refractivity contribution < 1.29 is 9.53 Å². The normalized spacial score (nSPS) is 10.7. The third-order valence-corrected chi connectivity index (χ3v) is 4.24. The lowest BCUT2D eigenvalue weighted by Gasteiger charge is -2.11. The molecule has 0 spiro atoms. The van der Waals surface area contributed by atoms with Gasteiger partial charge in [0.05, 0.1) is 20.8 Å². The second kappa shape index (κ2) is 7.91. The van der Waals surface area contributed by atoms with Crippen molar-refractivity contribution in [3.63, 3.8) is 0 Å². The fourth-order valence-electron chi connectivity index (χ4n) is 1.90. The monoisotopic (exact) mass is 371 g/mol. The summed E-state index contributed by atoms with van der Waals surface area (Å²) in [6, 6.07) is 10.6. The number of amides is 1. The highest BCUT2D eigenvalue weighted by Gasteiger charge is 2.10. The summed E-state index contributed by atoms with van der Waals surface area (Å²) in [5.74, 6) is 0.743. The van der Waals surface area contributed by atoms with E-state index in [9.17, 15) is 4.79 Å². The predicted octanol–water partition coefficient (Wildman–Crippen LogP) is 5.79. The number of benzene rings is 2. The van der Waals surface area contributed by atoms with Crippen LogP contribution in [0.3, 0.4) is 0 Å². The molecule has 2 aromatic rings. The maximum Gasteiger partial charge on any atom is 0.262 e. The lowest BCUT2D eigenvalue weighted by molar-refractivity contribution is -0.118. The van der Waals surface area contributed by atoms with Gasteiger partial charge in [0.1, 0.15) is 5.75 Å². The van der Waals surface area contributed by atoms with Crippen molar-refractivity contribution in [2.45, 2.75) is 19.8 Å². The minimum absolute atomic E-state index is 0.127. The van der Waals surface area contributed by atoms with Crippen molar-refractivity contribution in [1.82, 2.24) is 0 Å². The summed E-state index contributed by atoms with van der Waals surface area (Å²) in [5, 5.41) is 3.60. The molecule has 0 aliphatic heterocycles. The number of carbonyl (C=O) groups excluding carboxylic acids is 1.